The number of hydrogen-bond donors (Lipinski definition) is 8. The number of rotatable bonds is 27. The third kappa shape index (κ3) is 14.4. The minimum Gasteiger partial charge on any atom is -0.481 e. The maximum absolute atomic E-state index is 14.0. The Kier molecular flexibility index (Phi) is 19.1. The molecule has 0 spiro atoms. The summed E-state index contributed by atoms with van der Waals surface area (Å²) in [6.45, 7) is 3.52. The fourth-order valence-corrected chi connectivity index (χ4v) is 12.8. The monoisotopic (exact) mass is 944 g/mol. The second kappa shape index (κ2) is 24.0. The summed E-state index contributed by atoms with van der Waals surface area (Å²) in [6, 6.07) is 7.69. The van der Waals surface area contributed by atoms with Gasteiger partial charge in [0.15, 0.2) is 0 Å². The maximum atomic E-state index is 14.0. The predicted molar refractivity (Wildman–Crippen MR) is 242 cm³/mol. The first kappa shape index (κ1) is 53.3. The zero-order valence-corrected chi connectivity index (χ0v) is 39.2. The van der Waals surface area contributed by atoms with Crippen LogP contribution in [0.25, 0.3) is 0 Å². The molecule has 8 N–H and O–H groups in total. The molecule has 4 aliphatic carbocycles. The van der Waals surface area contributed by atoms with Crippen LogP contribution < -0.4 is 10.6 Å². The van der Waals surface area contributed by atoms with Crippen molar-refractivity contribution in [2.45, 2.75) is 110 Å². The number of nitrogens with one attached hydrogen (secondary N) is 2. The number of hydrogen-bond acceptors (Lipinski definition) is 12. The molecule has 0 heterocycles. The SMILES string of the molecule is C[C@H](CCC(=O)O)[C@H]1CC[C@H]2[C@@H]3[C@H](O)C[C@@H]4C[C@@H](NC(=O)CNC(=O)C(COCc5ccccc5)N(CCN(CCN(CC(=O)O)CC(=O)O)CC(=O)O)CC(=O)O)CC[C@]4(C)[C@H]3CC[C@]12C. The summed E-state index contributed by atoms with van der Waals surface area (Å²) in [6.07, 6.45) is 7.49. The smallest absolute Gasteiger partial charge is 0.317 e. The van der Waals surface area contributed by atoms with Crippen LogP contribution in [0, 0.1) is 46.3 Å². The van der Waals surface area contributed by atoms with Gasteiger partial charge in [0.1, 0.15) is 6.04 Å². The molecule has 67 heavy (non-hydrogen) atoms. The molecule has 0 radical (unpaired) electrons. The Morgan fingerprint density at radius 2 is 1.33 bits per heavy atom. The molecule has 0 aliphatic heterocycles. The number of fused-ring (bicyclic) bond motifs is 5. The van der Waals surface area contributed by atoms with Gasteiger partial charge in [0.25, 0.3) is 0 Å². The highest BCUT2D eigenvalue weighted by atomic mass is 16.5. The average molecular weight is 944 g/mol. The zero-order chi connectivity index (χ0) is 49.1. The van der Waals surface area contributed by atoms with E-state index in [9.17, 15) is 64.2 Å². The topological polar surface area (TPSA) is 284 Å². The maximum Gasteiger partial charge on any atom is 0.317 e. The summed E-state index contributed by atoms with van der Waals surface area (Å²) in [7, 11) is 0. The van der Waals surface area contributed by atoms with Crippen molar-refractivity contribution in [1.29, 1.82) is 0 Å². The first-order valence-corrected chi connectivity index (χ1v) is 23.8. The Balaban J connectivity index is 1.21. The lowest BCUT2D eigenvalue weighted by Crippen LogP contribution is -2.60. The number of aliphatic carboxylic acids is 5. The van der Waals surface area contributed by atoms with E-state index in [2.05, 4.69) is 31.4 Å². The Bertz CT molecular complexity index is 1870. The molecule has 0 saturated heterocycles. The fraction of sp³-hybridized carbons (Fsp3) is 0.729. The van der Waals surface area contributed by atoms with E-state index in [-0.39, 0.29) is 74.5 Å². The van der Waals surface area contributed by atoms with Crippen LogP contribution in [-0.2, 0) is 44.9 Å². The molecule has 1 aromatic rings. The second-order valence-electron chi connectivity index (χ2n) is 20.2. The molecule has 374 valence electrons. The van der Waals surface area contributed by atoms with Gasteiger partial charge in [0.2, 0.25) is 11.8 Å². The van der Waals surface area contributed by atoms with Crippen molar-refractivity contribution in [3.63, 3.8) is 0 Å². The van der Waals surface area contributed by atoms with Crippen molar-refractivity contribution in [2.75, 3.05) is 65.5 Å². The number of aliphatic hydroxyl groups excluding tert-OH is 1. The van der Waals surface area contributed by atoms with Gasteiger partial charge in [-0.05, 0) is 110 Å². The summed E-state index contributed by atoms with van der Waals surface area (Å²) in [5, 5.41) is 65.1. The molecular formula is C48H73N5O14. The number of amides is 2. The Morgan fingerprint density at radius 3 is 1.97 bits per heavy atom. The van der Waals surface area contributed by atoms with Crippen LogP contribution in [0.1, 0.15) is 90.5 Å². The molecule has 4 aliphatic rings. The van der Waals surface area contributed by atoms with Gasteiger partial charge in [-0.15, -0.1) is 0 Å². The fourth-order valence-electron chi connectivity index (χ4n) is 12.8. The number of ether oxygens (including phenoxy) is 1. The van der Waals surface area contributed by atoms with E-state index in [1.54, 1.807) is 0 Å². The van der Waals surface area contributed by atoms with E-state index >= 15 is 0 Å². The Hall–Kier alpha value is -4.69. The van der Waals surface area contributed by atoms with E-state index in [1.165, 1.54) is 9.80 Å². The first-order valence-electron chi connectivity index (χ1n) is 23.8. The molecule has 19 nitrogen and oxygen atoms in total. The second-order valence-corrected chi connectivity index (χ2v) is 20.2. The summed E-state index contributed by atoms with van der Waals surface area (Å²) < 4.78 is 5.92. The molecule has 1 aromatic carbocycles. The zero-order valence-electron chi connectivity index (χ0n) is 39.2. The van der Waals surface area contributed by atoms with Gasteiger partial charge >= 0.3 is 29.8 Å². The number of benzene rings is 1. The van der Waals surface area contributed by atoms with Crippen molar-refractivity contribution >= 4 is 41.7 Å². The standard InChI is InChI=1S/C48H73N5O14/c1-30(9-12-40(56)57)34-10-11-35-45-36(14-16-48(34,35)3)47(2)15-13-33(21-32(47)22-38(45)54)50-39(55)23-49-46(66)37(29-67-28-31-7-5-4-6-8-31)53(27-44(64)65)20-19-51(24-41(58)59)17-18-52(25-42(60)61)26-43(62)63/h4-8,30,32-38,45,54H,9-29H2,1-3H3,(H,49,66)(H,50,55)(H,56,57)(H,58,59)(H,60,61)(H,62,63)(H,64,65)/t30-,32+,33+,34-,35+,36+,37?,38-,45+,47+,48-/m1/s1. The Morgan fingerprint density at radius 1 is 0.731 bits per heavy atom. The Labute approximate surface area is 392 Å². The molecule has 11 atom stereocenters. The van der Waals surface area contributed by atoms with Crippen molar-refractivity contribution in [2.24, 2.45) is 46.3 Å². The van der Waals surface area contributed by atoms with Crippen LogP contribution in [0.3, 0.4) is 0 Å². The van der Waals surface area contributed by atoms with Crippen molar-refractivity contribution in [3.8, 4) is 0 Å². The molecule has 19 heteroatoms. The van der Waals surface area contributed by atoms with Crippen LogP contribution in [0.4, 0.5) is 0 Å². The number of nitrogens with zero attached hydrogens (tertiary/aromatic N) is 3. The molecule has 0 aromatic heterocycles. The quantitative estimate of drug-likeness (QED) is 0.0629. The molecule has 5 rings (SSSR count). The highest BCUT2D eigenvalue weighted by Crippen LogP contribution is 2.68. The van der Waals surface area contributed by atoms with E-state index in [4.69, 9.17) is 4.74 Å². The summed E-state index contributed by atoms with van der Waals surface area (Å²) in [5.74, 6) is -5.09. The van der Waals surface area contributed by atoms with Gasteiger partial charge in [-0.1, -0.05) is 51.1 Å². The van der Waals surface area contributed by atoms with E-state index in [0.717, 1.165) is 49.0 Å². The van der Waals surface area contributed by atoms with Gasteiger partial charge in [0.05, 0.1) is 52.0 Å². The van der Waals surface area contributed by atoms with E-state index in [1.807, 2.05) is 30.3 Å². The number of carboxylic acids is 5. The molecule has 4 saturated carbocycles. The van der Waals surface area contributed by atoms with Crippen molar-refractivity contribution in [1.82, 2.24) is 25.3 Å². The normalized spacial score (nSPS) is 28.7. The average Bonchev–Trinajstić information content (AvgIpc) is 3.61. The van der Waals surface area contributed by atoms with Crippen LogP contribution in [0.2, 0.25) is 0 Å². The number of carbonyl (C=O) groups is 7. The van der Waals surface area contributed by atoms with E-state index in [0.29, 0.717) is 42.9 Å². The van der Waals surface area contributed by atoms with Crippen LogP contribution in [-0.4, -0.2) is 171 Å². The number of aliphatic hydroxyl groups is 1. The molecular weight excluding hydrogens is 871 g/mol. The van der Waals surface area contributed by atoms with Crippen LogP contribution in [0.5, 0.6) is 0 Å². The highest BCUT2D eigenvalue weighted by Gasteiger charge is 2.63. The summed E-state index contributed by atoms with van der Waals surface area (Å²) in [4.78, 5) is 89.4. The predicted octanol–water partition coefficient (Wildman–Crippen LogP) is 2.55. The van der Waals surface area contributed by atoms with Gasteiger partial charge in [0, 0.05) is 38.6 Å². The largest absolute Gasteiger partial charge is 0.481 e. The van der Waals surface area contributed by atoms with Crippen molar-refractivity contribution < 1.29 is 68.9 Å². The van der Waals surface area contributed by atoms with Crippen LogP contribution >= 0.6 is 0 Å². The number of carbonyl (C=O) groups excluding carboxylic acids is 2. The lowest BCUT2D eigenvalue weighted by molar-refractivity contribution is -0.167. The molecule has 0 bridgehead atoms. The van der Waals surface area contributed by atoms with Crippen LogP contribution in [0.15, 0.2) is 30.3 Å². The minimum atomic E-state index is -1.28. The number of carboxylic acid groups (broad SMARTS) is 5. The summed E-state index contributed by atoms with van der Waals surface area (Å²) >= 11 is 0. The molecule has 4 fully saturated rings. The van der Waals surface area contributed by atoms with Crippen molar-refractivity contribution in [3.05, 3.63) is 35.9 Å². The highest BCUT2D eigenvalue weighted by molar-refractivity contribution is 5.88. The van der Waals surface area contributed by atoms with Gasteiger partial charge in [-0.25, -0.2) is 0 Å². The first-order chi connectivity index (χ1) is 31.7. The van der Waals surface area contributed by atoms with Gasteiger partial charge in [-0.3, -0.25) is 48.3 Å². The molecule has 2 amide bonds. The lowest BCUT2D eigenvalue weighted by Gasteiger charge is -2.62. The van der Waals surface area contributed by atoms with Gasteiger partial charge < -0.3 is 46.0 Å². The lowest BCUT2D eigenvalue weighted by atomic mass is 9.43. The van der Waals surface area contributed by atoms with E-state index < -0.39 is 86.5 Å². The third-order valence-corrected chi connectivity index (χ3v) is 16.0. The third-order valence-electron chi connectivity index (χ3n) is 16.0. The summed E-state index contributed by atoms with van der Waals surface area (Å²) in [5.41, 5.74) is 0.851. The molecule has 1 unspecified atom stereocenters. The van der Waals surface area contributed by atoms with Gasteiger partial charge in [-0.2, -0.15) is 0 Å². The minimum absolute atomic E-state index is 0.00930.